The van der Waals surface area contributed by atoms with E-state index in [0.717, 1.165) is 29.8 Å². The van der Waals surface area contributed by atoms with Gasteiger partial charge in [-0.25, -0.2) is 13.2 Å². The average molecular weight is 595 g/mol. The van der Waals surface area contributed by atoms with Crippen LogP contribution >= 0.6 is 0 Å². The summed E-state index contributed by atoms with van der Waals surface area (Å²) >= 11 is 0. The molecule has 1 aliphatic carbocycles. The molecule has 13 heteroatoms. The molecule has 2 atom stereocenters. The van der Waals surface area contributed by atoms with E-state index < -0.39 is 44.8 Å². The Bertz CT molecular complexity index is 2030. The molecule has 6 rings (SSSR count). The SMILES string of the molecule is CC1=C(c2c[nH]c(=O)[nH]c2=O)c2ccccc2C1C1C(=O)Nc2ccc(S(=O)(=O)Nc3ccc(C(F)(F)F)cc3)cc21. The van der Waals surface area contributed by atoms with Crippen molar-refractivity contribution in [3.05, 3.63) is 127 Å². The fourth-order valence-corrected chi connectivity index (χ4v) is 6.78. The Labute approximate surface area is 236 Å². The van der Waals surface area contributed by atoms with Crippen molar-refractivity contribution in [1.29, 1.82) is 0 Å². The van der Waals surface area contributed by atoms with Crippen molar-refractivity contribution in [2.75, 3.05) is 10.0 Å². The van der Waals surface area contributed by atoms with E-state index in [0.29, 0.717) is 28.0 Å². The van der Waals surface area contributed by atoms with E-state index in [1.807, 2.05) is 6.07 Å². The van der Waals surface area contributed by atoms with E-state index >= 15 is 0 Å². The van der Waals surface area contributed by atoms with Crippen LogP contribution in [0.1, 0.15) is 46.6 Å². The summed E-state index contributed by atoms with van der Waals surface area (Å²) in [7, 11) is -4.25. The van der Waals surface area contributed by atoms with Gasteiger partial charge in [-0.1, -0.05) is 29.8 Å². The summed E-state index contributed by atoms with van der Waals surface area (Å²) in [6, 6.07) is 14.9. The largest absolute Gasteiger partial charge is 0.416 e. The number of fused-ring (bicyclic) bond motifs is 2. The number of H-pyrrole nitrogens is 2. The number of carbonyl (C=O) groups excluding carboxylic acids is 1. The number of rotatable bonds is 5. The summed E-state index contributed by atoms with van der Waals surface area (Å²) in [6.45, 7) is 1.78. The van der Waals surface area contributed by atoms with Crippen LogP contribution in [0.5, 0.6) is 0 Å². The summed E-state index contributed by atoms with van der Waals surface area (Å²) in [4.78, 5) is 42.3. The number of halogens is 3. The second kappa shape index (κ2) is 9.58. The Balaban J connectivity index is 1.41. The Hall–Kier alpha value is -4.91. The molecule has 1 aromatic heterocycles. The minimum atomic E-state index is -4.57. The predicted octanol–water partition coefficient (Wildman–Crippen LogP) is 4.54. The molecule has 4 N–H and O–H groups in total. The number of aromatic nitrogens is 2. The third-order valence-electron chi connectivity index (χ3n) is 7.52. The zero-order chi connectivity index (χ0) is 30.0. The van der Waals surface area contributed by atoms with E-state index in [-0.39, 0.29) is 22.1 Å². The Morgan fingerprint density at radius 2 is 1.57 bits per heavy atom. The smallest absolute Gasteiger partial charge is 0.325 e. The van der Waals surface area contributed by atoms with Gasteiger partial charge in [0.05, 0.1) is 21.9 Å². The second-order valence-corrected chi connectivity index (χ2v) is 11.7. The van der Waals surface area contributed by atoms with Gasteiger partial charge in [0.1, 0.15) is 0 Å². The molecule has 0 radical (unpaired) electrons. The summed E-state index contributed by atoms with van der Waals surface area (Å²) in [6.07, 6.45) is -3.25. The molecule has 0 spiro atoms. The number of hydrogen-bond acceptors (Lipinski definition) is 5. The number of sulfonamides is 1. The lowest BCUT2D eigenvalue weighted by Crippen LogP contribution is -2.24. The minimum absolute atomic E-state index is 0.0616. The first-order valence-electron chi connectivity index (χ1n) is 12.6. The fourth-order valence-electron chi connectivity index (χ4n) is 5.68. The number of amides is 1. The van der Waals surface area contributed by atoms with Crippen molar-refractivity contribution in [1.82, 2.24) is 9.97 Å². The molecule has 214 valence electrons. The van der Waals surface area contributed by atoms with E-state index in [2.05, 4.69) is 20.0 Å². The van der Waals surface area contributed by atoms with Crippen LogP contribution in [0.25, 0.3) is 5.57 Å². The third-order valence-corrected chi connectivity index (χ3v) is 8.90. The van der Waals surface area contributed by atoms with Gasteiger partial charge >= 0.3 is 11.9 Å². The lowest BCUT2D eigenvalue weighted by Gasteiger charge is -2.21. The zero-order valence-corrected chi connectivity index (χ0v) is 22.5. The molecular weight excluding hydrogens is 573 g/mol. The van der Waals surface area contributed by atoms with Gasteiger partial charge in [-0.15, -0.1) is 0 Å². The van der Waals surface area contributed by atoms with Gasteiger partial charge in [-0.2, -0.15) is 13.2 Å². The van der Waals surface area contributed by atoms with Gasteiger partial charge in [0.2, 0.25) is 5.91 Å². The van der Waals surface area contributed by atoms with Gasteiger partial charge in [0.15, 0.2) is 0 Å². The summed E-state index contributed by atoms with van der Waals surface area (Å²) in [5, 5.41) is 2.80. The molecule has 0 bridgehead atoms. The molecule has 1 aliphatic heterocycles. The molecule has 0 saturated carbocycles. The molecular formula is C29H21F3N4O5S. The van der Waals surface area contributed by atoms with E-state index in [1.54, 1.807) is 25.1 Å². The van der Waals surface area contributed by atoms with Crippen LogP contribution in [0.4, 0.5) is 24.5 Å². The first kappa shape index (κ1) is 27.3. The van der Waals surface area contributed by atoms with Crippen LogP contribution in [0, 0.1) is 0 Å². The lowest BCUT2D eigenvalue weighted by atomic mass is 9.80. The maximum absolute atomic E-state index is 13.4. The van der Waals surface area contributed by atoms with Crippen LogP contribution in [-0.4, -0.2) is 24.3 Å². The molecule has 3 aromatic carbocycles. The molecule has 9 nitrogen and oxygen atoms in total. The van der Waals surface area contributed by atoms with Crippen molar-refractivity contribution >= 4 is 32.9 Å². The standard InChI is InChI=1S/C29H21F3N4O5S/c1-14-23(21-13-33-28(39)35-26(21)37)18-4-2-3-5-19(18)24(14)25-20-12-17(10-11-22(20)34-27(25)38)42(40,41)36-16-8-6-15(7-9-16)29(30,31)32/h2-13,24-25,36H,1H3,(H,34,38)(H2,33,35,37,39). The van der Waals surface area contributed by atoms with Gasteiger partial charge in [0.25, 0.3) is 15.6 Å². The number of anilines is 2. The molecule has 42 heavy (non-hydrogen) atoms. The number of nitrogens with one attached hydrogen (secondary N) is 4. The Morgan fingerprint density at radius 3 is 2.26 bits per heavy atom. The third kappa shape index (κ3) is 4.51. The summed E-state index contributed by atoms with van der Waals surface area (Å²) in [5.41, 5.74) is 1.50. The molecule has 2 unspecified atom stereocenters. The zero-order valence-electron chi connectivity index (χ0n) is 21.7. The summed E-state index contributed by atoms with van der Waals surface area (Å²) < 4.78 is 67.5. The second-order valence-electron chi connectivity index (χ2n) is 10.0. The molecule has 0 fully saturated rings. The fraction of sp³-hybridized carbons (Fsp3) is 0.138. The van der Waals surface area contributed by atoms with Crippen molar-refractivity contribution in [3.8, 4) is 0 Å². The first-order valence-corrected chi connectivity index (χ1v) is 14.1. The predicted molar refractivity (Wildman–Crippen MR) is 149 cm³/mol. The summed E-state index contributed by atoms with van der Waals surface area (Å²) in [5.74, 6) is -1.79. The minimum Gasteiger partial charge on any atom is -0.325 e. The molecule has 4 aromatic rings. The molecule has 0 saturated heterocycles. The van der Waals surface area contributed by atoms with E-state index in [4.69, 9.17) is 0 Å². The van der Waals surface area contributed by atoms with Gasteiger partial charge in [-0.05, 0) is 71.7 Å². The van der Waals surface area contributed by atoms with Crippen molar-refractivity contribution in [3.63, 3.8) is 0 Å². The monoisotopic (exact) mass is 594 g/mol. The highest BCUT2D eigenvalue weighted by Crippen LogP contribution is 2.53. The maximum Gasteiger partial charge on any atom is 0.416 e. The van der Waals surface area contributed by atoms with Crippen molar-refractivity contribution in [2.45, 2.75) is 29.8 Å². The number of alkyl halides is 3. The van der Waals surface area contributed by atoms with Crippen molar-refractivity contribution in [2.24, 2.45) is 0 Å². The van der Waals surface area contributed by atoms with Gasteiger partial charge in [0, 0.05) is 23.5 Å². The van der Waals surface area contributed by atoms with Crippen LogP contribution in [0.15, 0.2) is 93.0 Å². The van der Waals surface area contributed by atoms with Crippen molar-refractivity contribution < 1.29 is 26.4 Å². The number of allylic oxidation sites excluding steroid dienone is 1. The Kier molecular flexibility index (Phi) is 6.22. The highest BCUT2D eigenvalue weighted by Gasteiger charge is 2.44. The average Bonchev–Trinajstić information content (AvgIpc) is 3.40. The molecule has 1 amide bonds. The quantitative estimate of drug-likeness (QED) is 0.269. The Morgan fingerprint density at radius 1 is 0.857 bits per heavy atom. The van der Waals surface area contributed by atoms with Gasteiger partial charge < -0.3 is 10.3 Å². The topological polar surface area (TPSA) is 141 Å². The van der Waals surface area contributed by atoms with E-state index in [9.17, 15) is 36.0 Å². The molecule has 2 heterocycles. The number of carbonyl (C=O) groups is 1. The van der Waals surface area contributed by atoms with E-state index in [1.165, 1.54) is 24.4 Å². The van der Waals surface area contributed by atoms with Crippen LogP contribution in [-0.2, 0) is 21.0 Å². The maximum atomic E-state index is 13.4. The highest BCUT2D eigenvalue weighted by molar-refractivity contribution is 7.92. The number of aromatic amines is 2. The van der Waals surface area contributed by atoms with Crippen LogP contribution in [0.2, 0.25) is 0 Å². The number of hydrogen-bond donors (Lipinski definition) is 4. The number of benzene rings is 3. The first-order chi connectivity index (χ1) is 19.8. The molecule has 2 aliphatic rings. The van der Waals surface area contributed by atoms with Crippen LogP contribution in [0.3, 0.4) is 0 Å². The highest BCUT2D eigenvalue weighted by atomic mass is 32.2. The normalized spacial score (nSPS) is 18.0. The lowest BCUT2D eigenvalue weighted by molar-refractivity contribution is -0.137. The van der Waals surface area contributed by atoms with Crippen LogP contribution < -0.4 is 21.3 Å². The van der Waals surface area contributed by atoms with Gasteiger partial charge in [-0.3, -0.25) is 19.3 Å².